The molecule has 6 heteroatoms. The number of ketones is 1. The zero-order chi connectivity index (χ0) is 19.2. The third-order valence-corrected chi connectivity index (χ3v) is 5.67. The molecule has 1 N–H and O–H groups in total. The van der Waals surface area contributed by atoms with E-state index in [1.807, 2.05) is 18.2 Å². The lowest BCUT2D eigenvalue weighted by atomic mass is 9.89. The Kier molecular flexibility index (Phi) is 4.27. The number of benzene rings is 2. The number of rotatable bonds is 4. The van der Waals surface area contributed by atoms with Gasteiger partial charge in [-0.2, -0.15) is 0 Å². The standard InChI is InChI=1S/C21H19ClN2O3/c1-21(16-8-5-13-3-2-4-15(13)11-16)19(26)24(20(27)23-21)12-18(25)14-6-9-17(22)10-7-14/h5-11H,2-4,12H2,1H3,(H,23,27)/t21-/m0/s1. The topological polar surface area (TPSA) is 66.5 Å². The van der Waals surface area contributed by atoms with Crippen molar-refractivity contribution in [1.82, 2.24) is 10.2 Å². The van der Waals surface area contributed by atoms with E-state index < -0.39 is 17.5 Å². The lowest BCUT2D eigenvalue weighted by Gasteiger charge is -2.23. The smallest absolute Gasteiger partial charge is 0.319 e. The Hall–Kier alpha value is -2.66. The van der Waals surface area contributed by atoms with Crippen LogP contribution in [0.2, 0.25) is 5.02 Å². The average molecular weight is 383 g/mol. The van der Waals surface area contributed by atoms with E-state index >= 15 is 0 Å². The van der Waals surface area contributed by atoms with Crippen LogP contribution in [0.4, 0.5) is 4.79 Å². The van der Waals surface area contributed by atoms with E-state index in [0.717, 1.165) is 29.7 Å². The highest BCUT2D eigenvalue weighted by Gasteiger charge is 2.49. The molecule has 138 valence electrons. The van der Waals surface area contributed by atoms with E-state index in [4.69, 9.17) is 11.6 Å². The summed E-state index contributed by atoms with van der Waals surface area (Å²) < 4.78 is 0. The number of urea groups is 1. The summed E-state index contributed by atoms with van der Waals surface area (Å²) in [6.45, 7) is 1.39. The third-order valence-electron chi connectivity index (χ3n) is 5.42. The molecule has 1 aliphatic heterocycles. The maximum atomic E-state index is 13.0. The van der Waals surface area contributed by atoms with Crippen LogP contribution in [0.25, 0.3) is 0 Å². The molecule has 1 atom stereocenters. The van der Waals surface area contributed by atoms with Crippen molar-refractivity contribution in [1.29, 1.82) is 0 Å². The summed E-state index contributed by atoms with van der Waals surface area (Å²) >= 11 is 5.84. The summed E-state index contributed by atoms with van der Waals surface area (Å²) in [5.74, 6) is -0.721. The van der Waals surface area contributed by atoms with Gasteiger partial charge in [0.05, 0.1) is 6.54 Å². The number of halogens is 1. The Labute approximate surface area is 162 Å². The van der Waals surface area contributed by atoms with Crippen molar-refractivity contribution < 1.29 is 14.4 Å². The first-order valence-corrected chi connectivity index (χ1v) is 9.31. The lowest BCUT2D eigenvalue weighted by Crippen LogP contribution is -2.41. The number of fused-ring (bicyclic) bond motifs is 1. The van der Waals surface area contributed by atoms with E-state index in [1.54, 1.807) is 31.2 Å². The third kappa shape index (κ3) is 3.02. The second-order valence-corrected chi connectivity index (χ2v) is 7.65. The number of nitrogens with zero attached hydrogens (tertiary/aromatic N) is 1. The van der Waals surface area contributed by atoms with Crippen molar-refractivity contribution in [2.75, 3.05) is 6.54 Å². The molecule has 2 aromatic rings. The lowest BCUT2D eigenvalue weighted by molar-refractivity contribution is -0.130. The normalized spacial score (nSPS) is 21.3. The Bertz CT molecular complexity index is 954. The molecule has 0 spiro atoms. The number of Topliss-reactive ketones (excluding diaryl/α,β-unsaturated/α-hetero) is 1. The number of aryl methyl sites for hydroxylation is 2. The fraction of sp³-hybridized carbons (Fsp3) is 0.286. The molecule has 3 amide bonds. The minimum atomic E-state index is -1.16. The minimum Gasteiger partial charge on any atom is -0.319 e. The zero-order valence-electron chi connectivity index (χ0n) is 14.9. The van der Waals surface area contributed by atoms with Crippen LogP contribution in [0.3, 0.4) is 0 Å². The predicted octanol–water partition coefficient (Wildman–Crippen LogP) is 3.48. The number of imide groups is 1. The van der Waals surface area contributed by atoms with E-state index in [-0.39, 0.29) is 12.3 Å². The molecule has 27 heavy (non-hydrogen) atoms. The van der Waals surface area contributed by atoms with Gasteiger partial charge in [-0.05, 0) is 67.1 Å². The molecule has 0 aromatic heterocycles. The van der Waals surface area contributed by atoms with Gasteiger partial charge < -0.3 is 5.32 Å². The second kappa shape index (κ2) is 6.50. The van der Waals surface area contributed by atoms with Gasteiger partial charge in [0.25, 0.3) is 5.91 Å². The van der Waals surface area contributed by atoms with Crippen molar-refractivity contribution in [3.63, 3.8) is 0 Å². The van der Waals surface area contributed by atoms with Gasteiger partial charge in [0, 0.05) is 10.6 Å². The van der Waals surface area contributed by atoms with Crippen molar-refractivity contribution in [3.8, 4) is 0 Å². The number of amides is 3. The van der Waals surface area contributed by atoms with Crippen LogP contribution in [0, 0.1) is 0 Å². The molecule has 0 radical (unpaired) electrons. The number of hydrogen-bond donors (Lipinski definition) is 1. The number of nitrogens with one attached hydrogen (secondary N) is 1. The number of carbonyl (C=O) groups excluding carboxylic acids is 3. The predicted molar refractivity (Wildman–Crippen MR) is 102 cm³/mol. The summed E-state index contributed by atoms with van der Waals surface area (Å²) in [6.07, 6.45) is 3.14. The molecule has 1 heterocycles. The Balaban J connectivity index is 1.58. The first-order valence-electron chi connectivity index (χ1n) is 8.93. The van der Waals surface area contributed by atoms with E-state index in [2.05, 4.69) is 5.32 Å². The first-order chi connectivity index (χ1) is 12.9. The molecule has 0 saturated carbocycles. The minimum absolute atomic E-state index is 0.299. The van der Waals surface area contributed by atoms with E-state index in [9.17, 15) is 14.4 Å². The second-order valence-electron chi connectivity index (χ2n) is 7.21. The monoisotopic (exact) mass is 382 g/mol. The van der Waals surface area contributed by atoms with Gasteiger partial charge in [0.15, 0.2) is 5.78 Å². The molecule has 1 saturated heterocycles. The number of carbonyl (C=O) groups is 3. The van der Waals surface area contributed by atoms with Crippen molar-refractivity contribution in [2.24, 2.45) is 0 Å². The summed E-state index contributed by atoms with van der Waals surface area (Å²) in [6, 6.07) is 11.8. The van der Waals surface area contributed by atoms with Crippen LogP contribution < -0.4 is 5.32 Å². The van der Waals surface area contributed by atoms with Gasteiger partial charge >= 0.3 is 6.03 Å². The van der Waals surface area contributed by atoms with E-state index in [1.165, 1.54) is 11.1 Å². The fourth-order valence-corrected chi connectivity index (χ4v) is 3.92. The molecule has 1 aliphatic carbocycles. The molecule has 2 aromatic carbocycles. The molecule has 5 nitrogen and oxygen atoms in total. The van der Waals surface area contributed by atoms with Crippen molar-refractivity contribution in [3.05, 3.63) is 69.7 Å². The van der Waals surface area contributed by atoms with Gasteiger partial charge in [-0.25, -0.2) is 4.79 Å². The van der Waals surface area contributed by atoms with Crippen molar-refractivity contribution in [2.45, 2.75) is 31.7 Å². The first kappa shape index (κ1) is 17.7. The molecule has 4 rings (SSSR count). The highest BCUT2D eigenvalue weighted by atomic mass is 35.5. The molecular formula is C21H19ClN2O3. The molecular weight excluding hydrogens is 364 g/mol. The highest BCUT2D eigenvalue weighted by molar-refractivity contribution is 6.30. The summed E-state index contributed by atoms with van der Waals surface area (Å²) in [7, 11) is 0. The van der Waals surface area contributed by atoms with Gasteiger partial charge in [-0.15, -0.1) is 0 Å². The van der Waals surface area contributed by atoms with Gasteiger partial charge in [0.1, 0.15) is 5.54 Å². The van der Waals surface area contributed by atoms with Gasteiger partial charge in [-0.3, -0.25) is 14.5 Å². The van der Waals surface area contributed by atoms with Crippen LogP contribution in [0.5, 0.6) is 0 Å². The molecule has 0 bridgehead atoms. The van der Waals surface area contributed by atoms with E-state index in [0.29, 0.717) is 10.6 Å². The average Bonchev–Trinajstić information content (AvgIpc) is 3.20. The van der Waals surface area contributed by atoms with Crippen LogP contribution in [0.15, 0.2) is 42.5 Å². The Morgan fingerprint density at radius 3 is 2.56 bits per heavy atom. The van der Waals surface area contributed by atoms with Crippen LogP contribution in [-0.2, 0) is 23.2 Å². The molecule has 0 unspecified atom stereocenters. The van der Waals surface area contributed by atoms with Crippen LogP contribution in [-0.4, -0.2) is 29.2 Å². The highest BCUT2D eigenvalue weighted by Crippen LogP contribution is 2.32. The Morgan fingerprint density at radius 2 is 1.81 bits per heavy atom. The van der Waals surface area contributed by atoms with Gasteiger partial charge in [-0.1, -0.05) is 29.8 Å². The summed E-state index contributed by atoms with van der Waals surface area (Å²) in [4.78, 5) is 39.0. The number of hydrogen-bond acceptors (Lipinski definition) is 3. The van der Waals surface area contributed by atoms with Crippen LogP contribution >= 0.6 is 11.6 Å². The Morgan fingerprint density at radius 1 is 1.11 bits per heavy atom. The van der Waals surface area contributed by atoms with Crippen LogP contribution in [0.1, 0.15) is 40.4 Å². The summed E-state index contributed by atoms with van der Waals surface area (Å²) in [5.41, 5.74) is 2.53. The van der Waals surface area contributed by atoms with Gasteiger partial charge in [0.2, 0.25) is 0 Å². The maximum Gasteiger partial charge on any atom is 0.325 e. The zero-order valence-corrected chi connectivity index (χ0v) is 15.7. The molecule has 2 aliphatic rings. The largest absolute Gasteiger partial charge is 0.325 e. The maximum absolute atomic E-state index is 13.0. The van der Waals surface area contributed by atoms with Crippen molar-refractivity contribution >= 4 is 29.3 Å². The SMILES string of the molecule is C[C@@]1(c2ccc3c(c2)CCC3)NC(=O)N(CC(=O)c2ccc(Cl)cc2)C1=O. The fourth-order valence-electron chi connectivity index (χ4n) is 3.79. The summed E-state index contributed by atoms with van der Waals surface area (Å²) in [5, 5.41) is 3.29. The molecule has 1 fully saturated rings. The quantitative estimate of drug-likeness (QED) is 0.650.